The van der Waals surface area contributed by atoms with Gasteiger partial charge in [-0.1, -0.05) is 0 Å². The Morgan fingerprint density at radius 1 is 1.19 bits per heavy atom. The van der Waals surface area contributed by atoms with E-state index in [9.17, 15) is 0 Å². The van der Waals surface area contributed by atoms with Crippen molar-refractivity contribution in [3.63, 3.8) is 0 Å². The molecule has 0 unspecified atom stereocenters. The van der Waals surface area contributed by atoms with Crippen molar-refractivity contribution < 1.29 is 0 Å². The van der Waals surface area contributed by atoms with Crippen molar-refractivity contribution in [2.75, 3.05) is 23.7 Å². The highest BCUT2D eigenvalue weighted by Gasteiger charge is 2.27. The molecule has 4 N–H and O–H groups in total. The summed E-state index contributed by atoms with van der Waals surface area (Å²) in [6.07, 6.45) is 8.46. The molecule has 2 aromatic heterocycles. The standard InChI is InChI=1S/C18H22N8/c19-8-1-9-21-17-16(13-2-3-13)10-22-18(25-17)24-14-4-6-15(7-5-14)26-12-20-11-23-26/h4-7,10-13H,1-3,8-9,19H2,(H2,21,22,24,25). The quantitative estimate of drug-likeness (QED) is 0.536. The van der Waals surface area contributed by atoms with Crippen molar-refractivity contribution in [1.82, 2.24) is 24.7 Å². The summed E-state index contributed by atoms with van der Waals surface area (Å²) in [7, 11) is 0. The highest BCUT2D eigenvalue weighted by atomic mass is 15.3. The molecule has 0 atom stereocenters. The van der Waals surface area contributed by atoms with E-state index in [1.807, 2.05) is 30.5 Å². The normalized spacial score (nSPS) is 13.6. The summed E-state index contributed by atoms with van der Waals surface area (Å²) in [6, 6.07) is 7.87. The van der Waals surface area contributed by atoms with Gasteiger partial charge in [0.1, 0.15) is 18.5 Å². The molecular formula is C18H22N8. The Labute approximate surface area is 151 Å². The van der Waals surface area contributed by atoms with Crippen LogP contribution in [0.5, 0.6) is 0 Å². The number of nitrogens with zero attached hydrogens (tertiary/aromatic N) is 5. The van der Waals surface area contributed by atoms with Gasteiger partial charge in [-0.15, -0.1) is 0 Å². The molecule has 134 valence electrons. The van der Waals surface area contributed by atoms with E-state index in [0.29, 0.717) is 18.4 Å². The van der Waals surface area contributed by atoms with Gasteiger partial charge in [-0.05, 0) is 56.0 Å². The third-order valence-electron chi connectivity index (χ3n) is 4.31. The van der Waals surface area contributed by atoms with Crippen molar-refractivity contribution in [2.45, 2.75) is 25.2 Å². The Morgan fingerprint density at radius 2 is 2.04 bits per heavy atom. The van der Waals surface area contributed by atoms with E-state index >= 15 is 0 Å². The van der Waals surface area contributed by atoms with Crippen LogP contribution in [0.15, 0.2) is 43.1 Å². The topological polar surface area (TPSA) is 107 Å². The van der Waals surface area contributed by atoms with Crippen LogP contribution in [0.3, 0.4) is 0 Å². The largest absolute Gasteiger partial charge is 0.370 e. The van der Waals surface area contributed by atoms with Crippen LogP contribution in [0.25, 0.3) is 5.69 Å². The summed E-state index contributed by atoms with van der Waals surface area (Å²) in [5.41, 5.74) is 8.65. The van der Waals surface area contributed by atoms with Crippen LogP contribution in [0, 0.1) is 0 Å². The fraction of sp³-hybridized carbons (Fsp3) is 0.333. The molecule has 1 saturated carbocycles. The van der Waals surface area contributed by atoms with Crippen LogP contribution in [-0.4, -0.2) is 37.8 Å². The van der Waals surface area contributed by atoms with Gasteiger partial charge in [-0.25, -0.2) is 14.6 Å². The van der Waals surface area contributed by atoms with Crippen LogP contribution < -0.4 is 16.4 Å². The monoisotopic (exact) mass is 350 g/mol. The Hall–Kier alpha value is -3.00. The fourth-order valence-electron chi connectivity index (χ4n) is 2.76. The molecule has 0 saturated heterocycles. The molecule has 0 bridgehead atoms. The lowest BCUT2D eigenvalue weighted by atomic mass is 10.2. The van der Waals surface area contributed by atoms with Gasteiger partial charge in [-0.3, -0.25) is 0 Å². The minimum Gasteiger partial charge on any atom is -0.370 e. The summed E-state index contributed by atoms with van der Waals surface area (Å²) >= 11 is 0. The molecule has 0 radical (unpaired) electrons. The first-order valence-electron chi connectivity index (χ1n) is 8.86. The van der Waals surface area contributed by atoms with Crippen molar-refractivity contribution in [3.8, 4) is 5.69 Å². The predicted molar refractivity (Wildman–Crippen MR) is 101 cm³/mol. The summed E-state index contributed by atoms with van der Waals surface area (Å²) < 4.78 is 1.71. The van der Waals surface area contributed by atoms with E-state index in [1.165, 1.54) is 24.7 Å². The first-order chi connectivity index (χ1) is 12.8. The van der Waals surface area contributed by atoms with E-state index in [0.717, 1.165) is 30.2 Å². The van der Waals surface area contributed by atoms with Gasteiger partial charge < -0.3 is 16.4 Å². The average molecular weight is 350 g/mol. The third-order valence-corrected chi connectivity index (χ3v) is 4.31. The van der Waals surface area contributed by atoms with E-state index < -0.39 is 0 Å². The van der Waals surface area contributed by atoms with Crippen molar-refractivity contribution in [2.24, 2.45) is 5.73 Å². The molecule has 1 aliphatic carbocycles. The number of aromatic nitrogens is 5. The molecule has 3 aromatic rings. The van der Waals surface area contributed by atoms with Gasteiger partial charge in [0.05, 0.1) is 5.69 Å². The molecule has 0 amide bonds. The van der Waals surface area contributed by atoms with E-state index in [2.05, 4.69) is 30.7 Å². The van der Waals surface area contributed by atoms with Crippen molar-refractivity contribution in [3.05, 3.63) is 48.7 Å². The number of nitrogens with two attached hydrogens (primary N) is 1. The lowest BCUT2D eigenvalue weighted by Gasteiger charge is -2.12. The van der Waals surface area contributed by atoms with Crippen LogP contribution in [-0.2, 0) is 0 Å². The minimum atomic E-state index is 0.582. The van der Waals surface area contributed by atoms with Gasteiger partial charge in [-0.2, -0.15) is 10.1 Å². The molecule has 1 fully saturated rings. The number of hydrogen-bond donors (Lipinski definition) is 3. The smallest absolute Gasteiger partial charge is 0.229 e. The van der Waals surface area contributed by atoms with Crippen LogP contribution in [0.2, 0.25) is 0 Å². The maximum Gasteiger partial charge on any atom is 0.229 e. The summed E-state index contributed by atoms with van der Waals surface area (Å²) in [4.78, 5) is 13.1. The Kier molecular flexibility index (Phi) is 4.74. The second-order valence-electron chi connectivity index (χ2n) is 6.35. The van der Waals surface area contributed by atoms with E-state index in [4.69, 9.17) is 5.73 Å². The van der Waals surface area contributed by atoms with Gasteiger partial charge in [0, 0.05) is 24.0 Å². The fourth-order valence-corrected chi connectivity index (χ4v) is 2.76. The van der Waals surface area contributed by atoms with Crippen LogP contribution >= 0.6 is 0 Å². The molecule has 8 nitrogen and oxygen atoms in total. The van der Waals surface area contributed by atoms with Crippen molar-refractivity contribution >= 4 is 17.5 Å². The Balaban J connectivity index is 1.49. The molecule has 0 spiro atoms. The highest BCUT2D eigenvalue weighted by Crippen LogP contribution is 2.42. The maximum atomic E-state index is 5.59. The first kappa shape index (κ1) is 16.5. The van der Waals surface area contributed by atoms with Gasteiger partial charge in [0.25, 0.3) is 0 Å². The van der Waals surface area contributed by atoms with E-state index in [1.54, 1.807) is 11.0 Å². The number of rotatable bonds is 8. The lowest BCUT2D eigenvalue weighted by molar-refractivity contribution is 0.865. The van der Waals surface area contributed by atoms with Crippen LogP contribution in [0.4, 0.5) is 17.5 Å². The van der Waals surface area contributed by atoms with Gasteiger partial charge in [0.2, 0.25) is 5.95 Å². The summed E-state index contributed by atoms with van der Waals surface area (Å²) in [5.74, 6) is 2.09. The van der Waals surface area contributed by atoms with Crippen LogP contribution in [0.1, 0.15) is 30.7 Å². The number of benzene rings is 1. The minimum absolute atomic E-state index is 0.582. The molecule has 26 heavy (non-hydrogen) atoms. The third kappa shape index (κ3) is 3.80. The molecule has 4 rings (SSSR count). The zero-order valence-electron chi connectivity index (χ0n) is 14.5. The second-order valence-corrected chi connectivity index (χ2v) is 6.35. The maximum absolute atomic E-state index is 5.59. The summed E-state index contributed by atoms with van der Waals surface area (Å²) in [5, 5.41) is 10.8. The zero-order valence-corrected chi connectivity index (χ0v) is 14.5. The SMILES string of the molecule is NCCCNc1nc(Nc2ccc(-n3cncn3)cc2)ncc1C1CC1. The Morgan fingerprint density at radius 3 is 2.73 bits per heavy atom. The predicted octanol–water partition coefficient (Wildman–Crippen LogP) is 2.44. The molecule has 1 aromatic carbocycles. The molecule has 1 aliphatic rings. The molecule has 8 heteroatoms. The molecule has 2 heterocycles. The summed E-state index contributed by atoms with van der Waals surface area (Å²) in [6.45, 7) is 1.49. The average Bonchev–Trinajstić information content (AvgIpc) is 3.36. The van der Waals surface area contributed by atoms with Gasteiger partial charge in [0.15, 0.2) is 0 Å². The number of nitrogens with one attached hydrogen (secondary N) is 2. The van der Waals surface area contributed by atoms with Crippen molar-refractivity contribution in [1.29, 1.82) is 0 Å². The molecule has 0 aliphatic heterocycles. The zero-order chi connectivity index (χ0) is 17.8. The Bertz CT molecular complexity index is 840. The highest BCUT2D eigenvalue weighted by molar-refractivity contribution is 5.58. The lowest BCUT2D eigenvalue weighted by Crippen LogP contribution is -2.12. The number of hydrogen-bond acceptors (Lipinski definition) is 7. The molecular weight excluding hydrogens is 328 g/mol. The second kappa shape index (κ2) is 7.49. The number of anilines is 3. The van der Waals surface area contributed by atoms with Gasteiger partial charge >= 0.3 is 0 Å². The van der Waals surface area contributed by atoms with E-state index in [-0.39, 0.29) is 0 Å². The first-order valence-corrected chi connectivity index (χ1v) is 8.86.